The topological polar surface area (TPSA) is 42.9 Å². The molecule has 1 aliphatic rings. The predicted octanol–water partition coefficient (Wildman–Crippen LogP) is 3.22. The van der Waals surface area contributed by atoms with E-state index in [1.54, 1.807) is 0 Å². The number of oxime groups is 1. The first-order valence-electron chi connectivity index (χ1n) is 8.56. The molecular formula is C20H24N2O2. The van der Waals surface area contributed by atoms with Gasteiger partial charge in [0.1, 0.15) is 12.3 Å². The number of benzene rings is 2. The van der Waals surface area contributed by atoms with Crippen LogP contribution in [0.15, 0.2) is 65.8 Å². The summed E-state index contributed by atoms with van der Waals surface area (Å²) in [4.78, 5) is 5.54. The van der Waals surface area contributed by atoms with Gasteiger partial charge in [-0.1, -0.05) is 65.8 Å². The van der Waals surface area contributed by atoms with Crippen LogP contribution in [0.3, 0.4) is 0 Å². The Balaban J connectivity index is 1.58. The van der Waals surface area contributed by atoms with Crippen molar-refractivity contribution in [3.63, 3.8) is 0 Å². The minimum absolute atomic E-state index is 0.349. The second kappa shape index (κ2) is 9.21. The van der Waals surface area contributed by atoms with Gasteiger partial charge in [-0.25, -0.2) is 0 Å². The maximum Gasteiger partial charge on any atom is 0.140 e. The highest BCUT2D eigenvalue weighted by Crippen LogP contribution is 2.11. The molecule has 126 valence electrons. The van der Waals surface area contributed by atoms with Crippen molar-refractivity contribution in [2.24, 2.45) is 5.16 Å². The summed E-state index contributed by atoms with van der Waals surface area (Å²) in [7, 11) is 0. The fraction of sp³-hybridized carbons (Fsp3) is 0.350. The normalized spacial score (nSPS) is 15.0. The molecule has 2 aromatic carbocycles. The Morgan fingerprint density at radius 1 is 0.875 bits per heavy atom. The molecule has 3 rings (SSSR count). The minimum Gasteiger partial charge on any atom is -0.393 e. The molecule has 0 spiro atoms. The monoisotopic (exact) mass is 324 g/mol. The van der Waals surface area contributed by atoms with E-state index in [4.69, 9.17) is 9.57 Å². The third-order valence-corrected chi connectivity index (χ3v) is 4.06. The SMILES string of the molecule is c1ccc(C(=NOCCOC2CCNCC2)c2ccccc2)cc1. The highest BCUT2D eigenvalue weighted by atomic mass is 16.6. The zero-order valence-corrected chi connectivity index (χ0v) is 13.9. The third-order valence-electron chi connectivity index (χ3n) is 4.06. The average molecular weight is 324 g/mol. The van der Waals surface area contributed by atoms with Gasteiger partial charge in [0.15, 0.2) is 0 Å². The molecular weight excluding hydrogens is 300 g/mol. The molecule has 0 unspecified atom stereocenters. The lowest BCUT2D eigenvalue weighted by Gasteiger charge is -2.22. The molecule has 1 aliphatic heterocycles. The van der Waals surface area contributed by atoms with Gasteiger partial charge in [-0.3, -0.25) is 0 Å². The largest absolute Gasteiger partial charge is 0.393 e. The second-order valence-corrected chi connectivity index (χ2v) is 5.83. The quantitative estimate of drug-likeness (QED) is 0.483. The number of hydrogen-bond donors (Lipinski definition) is 1. The number of nitrogens with one attached hydrogen (secondary N) is 1. The van der Waals surface area contributed by atoms with Crippen LogP contribution in [-0.4, -0.2) is 38.1 Å². The first-order valence-corrected chi connectivity index (χ1v) is 8.56. The van der Waals surface area contributed by atoms with Gasteiger partial charge >= 0.3 is 0 Å². The fourth-order valence-electron chi connectivity index (χ4n) is 2.79. The molecule has 1 fully saturated rings. The van der Waals surface area contributed by atoms with Gasteiger partial charge in [0.2, 0.25) is 0 Å². The van der Waals surface area contributed by atoms with Crippen LogP contribution in [0.1, 0.15) is 24.0 Å². The van der Waals surface area contributed by atoms with E-state index in [0.717, 1.165) is 42.8 Å². The van der Waals surface area contributed by atoms with E-state index in [9.17, 15) is 0 Å². The Morgan fingerprint density at radius 2 is 1.46 bits per heavy atom. The number of nitrogens with zero attached hydrogens (tertiary/aromatic N) is 1. The smallest absolute Gasteiger partial charge is 0.140 e. The first kappa shape index (κ1) is 16.7. The average Bonchev–Trinajstić information content (AvgIpc) is 2.67. The van der Waals surface area contributed by atoms with E-state index in [-0.39, 0.29) is 0 Å². The highest BCUT2D eigenvalue weighted by molar-refractivity contribution is 6.12. The summed E-state index contributed by atoms with van der Waals surface area (Å²) in [5, 5.41) is 7.71. The van der Waals surface area contributed by atoms with E-state index in [0.29, 0.717) is 19.3 Å². The van der Waals surface area contributed by atoms with Crippen molar-refractivity contribution >= 4 is 5.71 Å². The van der Waals surface area contributed by atoms with Crippen molar-refractivity contribution in [3.8, 4) is 0 Å². The molecule has 1 heterocycles. The van der Waals surface area contributed by atoms with Gasteiger partial charge in [0, 0.05) is 11.1 Å². The molecule has 0 atom stereocenters. The van der Waals surface area contributed by atoms with Crippen molar-refractivity contribution in [1.29, 1.82) is 0 Å². The number of ether oxygens (including phenoxy) is 1. The highest BCUT2D eigenvalue weighted by Gasteiger charge is 2.13. The van der Waals surface area contributed by atoms with Crippen LogP contribution < -0.4 is 5.32 Å². The van der Waals surface area contributed by atoms with Crippen LogP contribution in [0.25, 0.3) is 0 Å². The number of piperidine rings is 1. The molecule has 0 aromatic heterocycles. The standard InChI is InChI=1S/C20H24N2O2/c1-3-7-17(8-4-1)20(18-9-5-2-6-10-18)22-24-16-15-23-19-11-13-21-14-12-19/h1-10,19,21H,11-16H2. The Morgan fingerprint density at radius 3 is 2.04 bits per heavy atom. The van der Waals surface area contributed by atoms with Crippen LogP contribution in [-0.2, 0) is 9.57 Å². The van der Waals surface area contributed by atoms with Crippen LogP contribution in [0.5, 0.6) is 0 Å². The van der Waals surface area contributed by atoms with Crippen molar-refractivity contribution in [3.05, 3.63) is 71.8 Å². The van der Waals surface area contributed by atoms with Crippen LogP contribution >= 0.6 is 0 Å². The van der Waals surface area contributed by atoms with Crippen molar-refractivity contribution < 1.29 is 9.57 Å². The van der Waals surface area contributed by atoms with Crippen molar-refractivity contribution in [2.75, 3.05) is 26.3 Å². The van der Waals surface area contributed by atoms with E-state index >= 15 is 0 Å². The van der Waals surface area contributed by atoms with Gasteiger partial charge in [0.05, 0.1) is 12.7 Å². The molecule has 0 saturated carbocycles. The zero-order valence-electron chi connectivity index (χ0n) is 13.9. The predicted molar refractivity (Wildman–Crippen MR) is 96.3 cm³/mol. The molecule has 4 nitrogen and oxygen atoms in total. The van der Waals surface area contributed by atoms with Crippen molar-refractivity contribution in [1.82, 2.24) is 5.32 Å². The lowest BCUT2D eigenvalue weighted by Crippen LogP contribution is -2.33. The van der Waals surface area contributed by atoms with Crippen LogP contribution in [0, 0.1) is 0 Å². The molecule has 1 saturated heterocycles. The third kappa shape index (κ3) is 4.91. The Hall–Kier alpha value is -2.17. The molecule has 4 heteroatoms. The molecule has 2 aromatic rings. The maximum absolute atomic E-state index is 5.84. The zero-order chi connectivity index (χ0) is 16.5. The maximum atomic E-state index is 5.84. The van der Waals surface area contributed by atoms with Gasteiger partial charge in [0.25, 0.3) is 0 Å². The summed E-state index contributed by atoms with van der Waals surface area (Å²) in [6.45, 7) is 3.11. The fourth-order valence-corrected chi connectivity index (χ4v) is 2.79. The summed E-state index contributed by atoms with van der Waals surface area (Å²) in [6, 6.07) is 20.2. The van der Waals surface area contributed by atoms with E-state index in [2.05, 4.69) is 10.5 Å². The lowest BCUT2D eigenvalue weighted by molar-refractivity contribution is -0.00599. The van der Waals surface area contributed by atoms with E-state index in [1.807, 2.05) is 60.7 Å². The molecule has 0 aliphatic carbocycles. The minimum atomic E-state index is 0.349. The molecule has 0 radical (unpaired) electrons. The van der Waals surface area contributed by atoms with Gasteiger partial charge < -0.3 is 14.9 Å². The van der Waals surface area contributed by atoms with Crippen LogP contribution in [0.2, 0.25) is 0 Å². The summed E-state index contributed by atoms with van der Waals surface area (Å²) in [6.07, 6.45) is 2.49. The van der Waals surface area contributed by atoms with Crippen molar-refractivity contribution in [2.45, 2.75) is 18.9 Å². The summed E-state index contributed by atoms with van der Waals surface area (Å²) < 4.78 is 5.84. The summed E-state index contributed by atoms with van der Waals surface area (Å²) in [5.74, 6) is 0. The molecule has 24 heavy (non-hydrogen) atoms. The van der Waals surface area contributed by atoms with Gasteiger partial charge in [-0.15, -0.1) is 0 Å². The Bertz CT molecular complexity index is 581. The first-order chi connectivity index (χ1) is 11.9. The Labute approximate surface area is 143 Å². The van der Waals surface area contributed by atoms with Gasteiger partial charge in [-0.2, -0.15) is 0 Å². The second-order valence-electron chi connectivity index (χ2n) is 5.83. The number of rotatable bonds is 7. The molecule has 0 amide bonds. The van der Waals surface area contributed by atoms with Crippen LogP contribution in [0.4, 0.5) is 0 Å². The molecule has 1 N–H and O–H groups in total. The Kier molecular flexibility index (Phi) is 6.40. The molecule has 0 bridgehead atoms. The van der Waals surface area contributed by atoms with E-state index in [1.165, 1.54) is 0 Å². The summed E-state index contributed by atoms with van der Waals surface area (Å²) >= 11 is 0. The lowest BCUT2D eigenvalue weighted by atomic mass is 10.0. The number of hydrogen-bond acceptors (Lipinski definition) is 4. The van der Waals surface area contributed by atoms with Gasteiger partial charge in [-0.05, 0) is 25.9 Å². The summed E-state index contributed by atoms with van der Waals surface area (Å²) in [5.41, 5.74) is 2.93. The van der Waals surface area contributed by atoms with E-state index < -0.39 is 0 Å².